The molecule has 14 rings (SSSR count). The van der Waals surface area contributed by atoms with E-state index in [0.29, 0.717) is 5.92 Å². The summed E-state index contributed by atoms with van der Waals surface area (Å²) in [5, 5.41) is 12.0. The molecule has 318 valence electrons. The number of hydrogen-bond donors (Lipinski definition) is 0. The first kappa shape index (κ1) is 38.2. The minimum Gasteiger partial charge on any atom is -0.456 e. The van der Waals surface area contributed by atoms with Crippen molar-refractivity contribution < 1.29 is 4.42 Å². The van der Waals surface area contributed by atoms with Crippen LogP contribution in [0.1, 0.15) is 59.9 Å². The maximum absolute atomic E-state index is 6.89. The second kappa shape index (κ2) is 15.3. The largest absolute Gasteiger partial charge is 0.456 e. The van der Waals surface area contributed by atoms with E-state index in [1.165, 1.54) is 82.1 Å². The van der Waals surface area contributed by atoms with Gasteiger partial charge in [-0.15, -0.1) is 0 Å². The first-order valence-corrected chi connectivity index (χ1v) is 23.8. The van der Waals surface area contributed by atoms with Gasteiger partial charge in [0.25, 0.3) is 0 Å². The topological polar surface area (TPSA) is 42.8 Å². The second-order valence-electron chi connectivity index (χ2n) is 18.7. The number of amidine groups is 1. The van der Waals surface area contributed by atoms with Crippen molar-refractivity contribution in [3.63, 3.8) is 0 Å². The van der Waals surface area contributed by atoms with Crippen LogP contribution in [0.3, 0.4) is 0 Å². The third-order valence-corrected chi connectivity index (χ3v) is 14.8. The van der Waals surface area contributed by atoms with Crippen molar-refractivity contribution in [2.45, 2.75) is 44.1 Å². The fraction of sp³-hybridized carbons (Fsp3) is 0.111. The molecule has 2 aromatic heterocycles. The van der Waals surface area contributed by atoms with Gasteiger partial charge in [-0.25, -0.2) is 4.99 Å². The molecule has 0 spiro atoms. The predicted octanol–water partition coefficient (Wildman–Crippen LogP) is 16.7. The zero-order valence-corrected chi connectivity index (χ0v) is 37.0. The number of furan rings is 1. The highest BCUT2D eigenvalue weighted by Crippen LogP contribution is 2.46. The van der Waals surface area contributed by atoms with E-state index in [9.17, 15) is 0 Å². The van der Waals surface area contributed by atoms with Crippen molar-refractivity contribution in [2.24, 2.45) is 9.98 Å². The molecule has 0 bridgehead atoms. The van der Waals surface area contributed by atoms with Crippen molar-refractivity contribution in [3.8, 4) is 16.8 Å². The molecular weight excluding hydrogens is 815 g/mol. The van der Waals surface area contributed by atoms with Crippen LogP contribution in [0.15, 0.2) is 215 Å². The summed E-state index contributed by atoms with van der Waals surface area (Å²) in [6, 6.07) is 73.1. The van der Waals surface area contributed by atoms with Gasteiger partial charge in [0.1, 0.15) is 11.2 Å². The van der Waals surface area contributed by atoms with Gasteiger partial charge in [0.15, 0.2) is 5.84 Å². The molecule has 10 aromatic carbocycles. The van der Waals surface area contributed by atoms with E-state index in [1.807, 2.05) is 0 Å². The van der Waals surface area contributed by atoms with Gasteiger partial charge in [0.05, 0.1) is 22.8 Å². The van der Waals surface area contributed by atoms with Crippen LogP contribution in [-0.4, -0.2) is 16.1 Å². The van der Waals surface area contributed by atoms with Crippen molar-refractivity contribution in [2.75, 3.05) is 0 Å². The van der Waals surface area contributed by atoms with Gasteiger partial charge < -0.3 is 8.98 Å². The van der Waals surface area contributed by atoms with Crippen molar-refractivity contribution in [3.05, 3.63) is 222 Å². The number of nitrogens with zero attached hydrogens (tertiary/aromatic N) is 3. The first-order valence-electron chi connectivity index (χ1n) is 23.8. The normalized spacial score (nSPS) is 17.9. The predicted molar refractivity (Wildman–Crippen MR) is 281 cm³/mol. The van der Waals surface area contributed by atoms with E-state index in [0.717, 1.165) is 76.7 Å². The van der Waals surface area contributed by atoms with Crippen LogP contribution in [-0.2, 0) is 6.42 Å². The van der Waals surface area contributed by atoms with Gasteiger partial charge in [0, 0.05) is 38.4 Å². The Morgan fingerprint density at radius 3 is 1.91 bits per heavy atom. The molecule has 67 heavy (non-hydrogen) atoms. The fourth-order valence-corrected chi connectivity index (χ4v) is 11.7. The SMILES string of the molecule is c1ccc(C2=N/[C@@H](c3cc4oc5ccc6ccccc6c5c4cc3-n3c4cc5ccccc5cc4c4cc5ccccc5cc43)CCC/C(CC3Cc4ccccc4-c4ccccc43)=N\2)cc1. The smallest absolute Gasteiger partial charge is 0.155 e. The maximum atomic E-state index is 6.89. The zero-order chi connectivity index (χ0) is 44.0. The van der Waals surface area contributed by atoms with E-state index in [1.54, 1.807) is 0 Å². The second-order valence-corrected chi connectivity index (χ2v) is 18.7. The molecule has 4 nitrogen and oxygen atoms in total. The average Bonchev–Trinajstić information content (AvgIpc) is 3.89. The summed E-state index contributed by atoms with van der Waals surface area (Å²) in [5.41, 5.74) is 14.2. The van der Waals surface area contributed by atoms with Crippen LogP contribution < -0.4 is 0 Å². The fourth-order valence-electron chi connectivity index (χ4n) is 11.7. The lowest BCUT2D eigenvalue weighted by atomic mass is 9.76. The number of benzene rings is 10. The molecule has 0 fully saturated rings. The van der Waals surface area contributed by atoms with Crippen molar-refractivity contribution in [1.29, 1.82) is 0 Å². The number of aliphatic imine (C=N–C) groups is 2. The van der Waals surface area contributed by atoms with Crippen LogP contribution in [0.2, 0.25) is 0 Å². The Morgan fingerprint density at radius 2 is 1.15 bits per heavy atom. The number of rotatable bonds is 5. The molecule has 3 heterocycles. The number of hydrogen-bond acceptors (Lipinski definition) is 3. The van der Waals surface area contributed by atoms with Gasteiger partial charge in [-0.3, -0.25) is 4.99 Å². The zero-order valence-electron chi connectivity index (χ0n) is 37.0. The molecule has 0 amide bonds. The molecule has 4 heteroatoms. The van der Waals surface area contributed by atoms with Gasteiger partial charge in [-0.05, 0) is 135 Å². The van der Waals surface area contributed by atoms with Crippen molar-refractivity contribution >= 4 is 87.6 Å². The first-order chi connectivity index (χ1) is 33.2. The standard InChI is InChI=1S/C63H45N3O/c1-2-16-40(17-3-1)63-64-47(32-46-31-45-22-9-10-24-48(45)51-27-13-12-25-49(46)51)23-14-28-56(65-63)54-38-61-55(62-50-26-11-8-15-39(50)29-30-60(62)67-61)37-59(54)66-57-35-43-20-6-4-18-41(43)33-52(57)53-34-42-19-5-7-21-44(42)36-58(53)66/h1-13,15-22,24-27,29-30,33-38,46,56H,14,23,28,31-32H2/b64-47+,65-63-/t46?,56-/m1/s1. The maximum Gasteiger partial charge on any atom is 0.155 e. The van der Waals surface area contributed by atoms with E-state index in [2.05, 4.69) is 205 Å². The Hall–Kier alpha value is -8.08. The van der Waals surface area contributed by atoms with Gasteiger partial charge in [-0.2, -0.15) is 0 Å². The Kier molecular flexibility index (Phi) is 8.70. The lowest BCUT2D eigenvalue weighted by Gasteiger charge is -2.29. The summed E-state index contributed by atoms with van der Waals surface area (Å²) in [6.45, 7) is 0. The van der Waals surface area contributed by atoms with E-state index in [4.69, 9.17) is 14.4 Å². The van der Waals surface area contributed by atoms with Crippen molar-refractivity contribution in [1.82, 2.24) is 4.57 Å². The highest BCUT2D eigenvalue weighted by molar-refractivity contribution is 6.21. The van der Waals surface area contributed by atoms with Crippen LogP contribution in [0.5, 0.6) is 0 Å². The van der Waals surface area contributed by atoms with Gasteiger partial charge in [0.2, 0.25) is 0 Å². The van der Waals surface area contributed by atoms with Crippen LogP contribution in [0.4, 0.5) is 0 Å². The molecule has 0 saturated carbocycles. The number of aromatic nitrogens is 1. The molecule has 0 saturated heterocycles. The Balaban J connectivity index is 1.01. The highest BCUT2D eigenvalue weighted by Gasteiger charge is 2.29. The minimum absolute atomic E-state index is 0.194. The third-order valence-electron chi connectivity index (χ3n) is 14.8. The van der Waals surface area contributed by atoms with Crippen LogP contribution in [0, 0.1) is 0 Å². The highest BCUT2D eigenvalue weighted by atomic mass is 16.3. The molecule has 2 aliphatic rings. The quantitative estimate of drug-likeness (QED) is 0.170. The molecular formula is C63H45N3O. The lowest BCUT2D eigenvalue weighted by molar-refractivity contribution is 0.609. The average molecular weight is 860 g/mol. The molecule has 1 unspecified atom stereocenters. The minimum atomic E-state index is -0.194. The third kappa shape index (κ3) is 6.27. The Bertz CT molecular complexity index is 3940. The summed E-state index contributed by atoms with van der Waals surface area (Å²) in [5.74, 6) is 1.14. The van der Waals surface area contributed by atoms with Crippen LogP contribution >= 0.6 is 0 Å². The van der Waals surface area contributed by atoms with E-state index >= 15 is 0 Å². The summed E-state index contributed by atoms with van der Waals surface area (Å²) in [7, 11) is 0. The molecule has 1 aliphatic carbocycles. The Morgan fingerprint density at radius 1 is 0.507 bits per heavy atom. The van der Waals surface area contributed by atoms with E-state index < -0.39 is 0 Å². The van der Waals surface area contributed by atoms with Gasteiger partial charge >= 0.3 is 0 Å². The van der Waals surface area contributed by atoms with E-state index in [-0.39, 0.29) is 6.04 Å². The molecule has 12 aromatic rings. The monoisotopic (exact) mass is 859 g/mol. The molecule has 0 radical (unpaired) electrons. The molecule has 1 aliphatic heterocycles. The molecule has 0 N–H and O–H groups in total. The summed E-state index contributed by atoms with van der Waals surface area (Å²) in [4.78, 5) is 11.4. The summed E-state index contributed by atoms with van der Waals surface area (Å²) in [6.07, 6.45) is 4.64. The number of fused-ring (bicyclic) bond motifs is 13. The lowest BCUT2D eigenvalue weighted by Crippen LogP contribution is -2.18. The summed E-state index contributed by atoms with van der Waals surface area (Å²) < 4.78 is 9.43. The van der Waals surface area contributed by atoms with Gasteiger partial charge in [-0.1, -0.05) is 158 Å². The molecule has 2 atom stereocenters. The summed E-state index contributed by atoms with van der Waals surface area (Å²) >= 11 is 0. The Labute approximate surface area is 388 Å². The van der Waals surface area contributed by atoms with Crippen LogP contribution in [0.25, 0.3) is 92.9 Å².